The molecule has 1 amide bonds. The van der Waals surface area contributed by atoms with Crippen LogP contribution >= 0.6 is 0 Å². The first-order valence-electron chi connectivity index (χ1n) is 10.6. The van der Waals surface area contributed by atoms with Crippen molar-refractivity contribution in [1.82, 2.24) is 0 Å². The summed E-state index contributed by atoms with van der Waals surface area (Å²) in [5, 5.41) is 2.03. The maximum Gasteiger partial charge on any atom is 0.303 e. The molecule has 5 nitrogen and oxygen atoms in total. The topological polar surface area (TPSA) is 48.0 Å². The third-order valence-corrected chi connectivity index (χ3v) is 5.49. The lowest BCUT2D eigenvalue weighted by molar-refractivity contribution is -0.113. The fourth-order valence-electron chi connectivity index (χ4n) is 3.87. The molecule has 0 aliphatic carbocycles. The molecule has 0 N–H and O–H groups in total. The van der Waals surface area contributed by atoms with Gasteiger partial charge in [0.15, 0.2) is 11.5 Å². The van der Waals surface area contributed by atoms with Crippen molar-refractivity contribution >= 4 is 22.4 Å². The monoisotopic (exact) mass is 435 g/mol. The van der Waals surface area contributed by atoms with E-state index in [-0.39, 0.29) is 12.7 Å². The Morgan fingerprint density at radius 3 is 2.64 bits per heavy atom. The molecule has 0 fully saturated rings. The van der Waals surface area contributed by atoms with Crippen LogP contribution in [0.15, 0.2) is 84.9 Å². The van der Waals surface area contributed by atoms with Crippen molar-refractivity contribution < 1.29 is 19.0 Å². The Hall–Kier alpha value is -4.43. The first-order valence-corrected chi connectivity index (χ1v) is 10.6. The van der Waals surface area contributed by atoms with Gasteiger partial charge in [0.05, 0.1) is 24.9 Å². The number of nitrogens with zero attached hydrogens (tertiary/aromatic N) is 1. The molecule has 0 radical (unpaired) electrons. The van der Waals surface area contributed by atoms with Crippen LogP contribution in [0, 0.1) is 11.8 Å². The number of fused-ring (bicyclic) bond motifs is 2. The number of methoxy groups -OCH3 is 1. The second-order valence-corrected chi connectivity index (χ2v) is 7.53. The number of carbonyl (C=O) groups excluding carboxylic acids is 1. The van der Waals surface area contributed by atoms with Crippen molar-refractivity contribution in [3.8, 4) is 29.1 Å². The van der Waals surface area contributed by atoms with E-state index in [4.69, 9.17) is 14.2 Å². The first kappa shape index (κ1) is 20.5. The summed E-state index contributed by atoms with van der Waals surface area (Å²) in [6, 6.07) is 27.0. The van der Waals surface area contributed by atoms with Gasteiger partial charge in [0.1, 0.15) is 5.75 Å². The second-order valence-electron chi connectivity index (χ2n) is 7.53. The van der Waals surface area contributed by atoms with Crippen molar-refractivity contribution in [2.75, 3.05) is 18.8 Å². The predicted molar refractivity (Wildman–Crippen MR) is 128 cm³/mol. The number of rotatable bonds is 4. The number of anilines is 1. The number of hydrogen-bond donors (Lipinski definition) is 0. The van der Waals surface area contributed by atoms with Crippen LogP contribution in [0.2, 0.25) is 0 Å². The van der Waals surface area contributed by atoms with Gasteiger partial charge in [-0.05, 0) is 41.3 Å². The third kappa shape index (κ3) is 4.19. The van der Waals surface area contributed by atoms with Gasteiger partial charge in [-0.15, -0.1) is 0 Å². The molecule has 1 heterocycles. The zero-order valence-corrected chi connectivity index (χ0v) is 18.1. The van der Waals surface area contributed by atoms with E-state index < -0.39 is 0 Å². The highest BCUT2D eigenvalue weighted by molar-refractivity contribution is 6.10. The second kappa shape index (κ2) is 8.97. The number of amides is 1. The van der Waals surface area contributed by atoms with Crippen molar-refractivity contribution in [1.29, 1.82) is 0 Å². The summed E-state index contributed by atoms with van der Waals surface area (Å²) in [4.78, 5) is 15.2. The molecule has 0 spiro atoms. The van der Waals surface area contributed by atoms with Gasteiger partial charge in [-0.25, -0.2) is 0 Å². The fraction of sp³-hybridized carbons (Fsp3) is 0.107. The molecule has 5 heteroatoms. The van der Waals surface area contributed by atoms with Gasteiger partial charge in [0, 0.05) is 11.3 Å². The summed E-state index contributed by atoms with van der Waals surface area (Å²) in [5.74, 6) is 7.49. The fourth-order valence-corrected chi connectivity index (χ4v) is 3.87. The van der Waals surface area contributed by atoms with E-state index >= 15 is 0 Å². The third-order valence-electron chi connectivity index (χ3n) is 5.49. The minimum Gasteiger partial charge on any atom is -0.495 e. The lowest BCUT2D eigenvalue weighted by Crippen LogP contribution is -2.29. The van der Waals surface area contributed by atoms with Crippen LogP contribution in [0.3, 0.4) is 0 Å². The minimum atomic E-state index is -0.310. The highest BCUT2D eigenvalue weighted by Gasteiger charge is 2.20. The first-order chi connectivity index (χ1) is 16.2. The molecule has 4 aromatic rings. The number of para-hydroxylation sites is 1. The van der Waals surface area contributed by atoms with E-state index in [9.17, 15) is 4.79 Å². The maximum atomic E-state index is 13.5. The van der Waals surface area contributed by atoms with Gasteiger partial charge in [-0.1, -0.05) is 60.5 Å². The van der Waals surface area contributed by atoms with Gasteiger partial charge in [-0.3, -0.25) is 9.69 Å². The van der Waals surface area contributed by atoms with E-state index in [1.165, 1.54) is 0 Å². The molecule has 0 bridgehead atoms. The molecule has 5 rings (SSSR count). The lowest BCUT2D eigenvalue weighted by Gasteiger charge is -2.22. The Kier molecular flexibility index (Phi) is 5.57. The number of ether oxygens (including phenoxy) is 3. The van der Waals surface area contributed by atoms with Gasteiger partial charge >= 0.3 is 5.91 Å². The molecular weight excluding hydrogens is 414 g/mol. The molecule has 33 heavy (non-hydrogen) atoms. The molecular formula is C28H21NO4. The molecule has 1 aliphatic heterocycles. The molecule has 0 saturated heterocycles. The lowest BCUT2D eigenvalue weighted by atomic mass is 10.1. The highest BCUT2D eigenvalue weighted by Crippen LogP contribution is 2.34. The van der Waals surface area contributed by atoms with E-state index in [1.54, 1.807) is 12.0 Å². The SMILES string of the molecule is COc1ccccc1C#CC(=O)N(Cc1ccc2c(c1)OCO2)c1cccc2ccccc12. The van der Waals surface area contributed by atoms with Crippen molar-refractivity contribution in [2.45, 2.75) is 6.54 Å². The Bertz CT molecular complexity index is 1390. The predicted octanol–water partition coefficient (Wildman–Crippen LogP) is 5.16. The molecule has 4 aromatic carbocycles. The van der Waals surface area contributed by atoms with Gasteiger partial charge < -0.3 is 14.2 Å². The smallest absolute Gasteiger partial charge is 0.303 e. The molecule has 0 saturated carbocycles. The Morgan fingerprint density at radius 1 is 0.939 bits per heavy atom. The summed E-state index contributed by atoms with van der Waals surface area (Å²) < 4.78 is 16.3. The van der Waals surface area contributed by atoms with Crippen molar-refractivity contribution in [2.24, 2.45) is 0 Å². The zero-order valence-electron chi connectivity index (χ0n) is 18.1. The number of hydrogen-bond acceptors (Lipinski definition) is 4. The maximum absolute atomic E-state index is 13.5. The highest BCUT2D eigenvalue weighted by atomic mass is 16.7. The van der Waals surface area contributed by atoms with Gasteiger partial charge in [0.2, 0.25) is 6.79 Å². The molecule has 162 valence electrons. The summed E-state index contributed by atoms with van der Waals surface area (Å²) >= 11 is 0. The molecule has 0 unspecified atom stereocenters. The normalized spacial score (nSPS) is 11.5. The van der Waals surface area contributed by atoms with Gasteiger partial charge in [0.25, 0.3) is 0 Å². The van der Waals surface area contributed by atoms with Crippen LogP contribution in [0.25, 0.3) is 10.8 Å². The summed E-state index contributed by atoms with van der Waals surface area (Å²) in [7, 11) is 1.59. The average Bonchev–Trinajstić information content (AvgIpc) is 3.34. The van der Waals surface area contributed by atoms with Crippen LogP contribution in [-0.2, 0) is 11.3 Å². The van der Waals surface area contributed by atoms with Crippen molar-refractivity contribution in [3.63, 3.8) is 0 Å². The molecule has 1 aliphatic rings. The van der Waals surface area contributed by atoms with Crippen LogP contribution < -0.4 is 19.1 Å². The zero-order chi connectivity index (χ0) is 22.6. The Labute approximate surface area is 192 Å². The average molecular weight is 435 g/mol. The number of carbonyl (C=O) groups is 1. The van der Waals surface area contributed by atoms with E-state index in [0.29, 0.717) is 29.4 Å². The minimum absolute atomic E-state index is 0.204. The Morgan fingerprint density at radius 2 is 1.73 bits per heavy atom. The summed E-state index contributed by atoms with van der Waals surface area (Å²) in [5.41, 5.74) is 2.37. The largest absolute Gasteiger partial charge is 0.495 e. The van der Waals surface area contributed by atoms with E-state index in [1.807, 2.05) is 84.9 Å². The van der Waals surface area contributed by atoms with Gasteiger partial charge in [-0.2, -0.15) is 0 Å². The quantitative estimate of drug-likeness (QED) is 0.416. The van der Waals surface area contributed by atoms with Crippen LogP contribution in [0.5, 0.6) is 17.2 Å². The Balaban J connectivity index is 1.55. The van der Waals surface area contributed by atoms with Crippen LogP contribution in [-0.4, -0.2) is 19.8 Å². The standard InChI is InChI=1S/C28H21NO4/c1-31-25-12-5-3-8-22(25)14-16-28(30)29(18-20-13-15-26-27(17-20)33-19-32-26)24-11-6-9-21-7-2-4-10-23(21)24/h2-13,15,17H,18-19H2,1H3. The van der Waals surface area contributed by atoms with Crippen molar-refractivity contribution in [3.05, 3.63) is 96.1 Å². The van der Waals surface area contributed by atoms with E-state index in [2.05, 4.69) is 11.8 Å². The summed E-state index contributed by atoms with van der Waals surface area (Å²) in [6.07, 6.45) is 0. The molecule has 0 aromatic heterocycles. The molecule has 0 atom stereocenters. The van der Waals surface area contributed by atoms with E-state index in [0.717, 1.165) is 22.0 Å². The van der Waals surface area contributed by atoms with Crippen LogP contribution in [0.4, 0.5) is 5.69 Å². The number of benzene rings is 4. The summed E-state index contributed by atoms with van der Waals surface area (Å²) in [6.45, 7) is 0.541. The van der Waals surface area contributed by atoms with Crippen LogP contribution in [0.1, 0.15) is 11.1 Å².